The maximum atomic E-state index is 13.0. The Morgan fingerprint density at radius 3 is 2.29 bits per heavy atom. The van der Waals surface area contributed by atoms with Crippen LogP contribution in [0, 0.1) is 5.41 Å². The molecule has 3 aliphatic rings. The van der Waals surface area contributed by atoms with Crippen LogP contribution in [0.3, 0.4) is 0 Å². The van der Waals surface area contributed by atoms with Crippen molar-refractivity contribution in [3.05, 3.63) is 0 Å². The maximum absolute atomic E-state index is 13.0. The molecule has 0 aromatic carbocycles. The van der Waals surface area contributed by atoms with Crippen molar-refractivity contribution >= 4 is 5.91 Å². The Labute approximate surface area is 129 Å². The second kappa shape index (κ2) is 6.28. The number of carbonyl (C=O) groups is 1. The van der Waals surface area contributed by atoms with Crippen LogP contribution in [-0.2, 0) is 4.79 Å². The molecule has 2 heterocycles. The minimum absolute atomic E-state index is 0.216. The highest BCUT2D eigenvalue weighted by molar-refractivity contribution is 5.86. The van der Waals surface area contributed by atoms with Gasteiger partial charge in [-0.3, -0.25) is 4.79 Å². The van der Waals surface area contributed by atoms with Crippen molar-refractivity contribution in [3.63, 3.8) is 0 Å². The van der Waals surface area contributed by atoms with Gasteiger partial charge in [0.25, 0.3) is 0 Å². The van der Waals surface area contributed by atoms with E-state index in [1.165, 1.54) is 44.9 Å². The van der Waals surface area contributed by atoms with Crippen molar-refractivity contribution in [2.24, 2.45) is 5.41 Å². The molecule has 1 atom stereocenters. The molecule has 2 aliphatic heterocycles. The molecule has 3 nitrogen and oxygen atoms in total. The van der Waals surface area contributed by atoms with Gasteiger partial charge in [0.2, 0.25) is 5.91 Å². The van der Waals surface area contributed by atoms with Crippen LogP contribution in [0.2, 0.25) is 0 Å². The molecule has 3 rings (SSSR count). The maximum Gasteiger partial charge on any atom is 0.242 e. The molecule has 0 bridgehead atoms. The van der Waals surface area contributed by atoms with E-state index in [1.807, 2.05) is 0 Å². The molecule has 120 valence electrons. The van der Waals surface area contributed by atoms with Crippen LogP contribution in [0.25, 0.3) is 0 Å². The number of amides is 1. The van der Waals surface area contributed by atoms with Crippen LogP contribution in [0.4, 0.5) is 0 Å². The van der Waals surface area contributed by atoms with Gasteiger partial charge in [-0.1, -0.05) is 32.6 Å². The molecule has 1 saturated carbocycles. The van der Waals surface area contributed by atoms with Crippen molar-refractivity contribution < 1.29 is 4.79 Å². The Morgan fingerprint density at radius 1 is 1.00 bits per heavy atom. The molecule has 3 fully saturated rings. The van der Waals surface area contributed by atoms with Gasteiger partial charge in [-0.15, -0.1) is 0 Å². The molecule has 1 unspecified atom stereocenters. The highest BCUT2D eigenvalue weighted by Gasteiger charge is 2.45. The second-order valence-corrected chi connectivity index (χ2v) is 7.72. The van der Waals surface area contributed by atoms with Crippen LogP contribution in [0.15, 0.2) is 0 Å². The first-order valence-electron chi connectivity index (χ1n) is 9.24. The summed E-state index contributed by atoms with van der Waals surface area (Å²) in [6.45, 7) is 5.23. The fraction of sp³-hybridized carbons (Fsp3) is 0.944. The van der Waals surface area contributed by atoms with E-state index in [-0.39, 0.29) is 5.54 Å². The number of nitrogens with zero attached hydrogens (tertiary/aromatic N) is 1. The molecule has 1 N–H and O–H groups in total. The van der Waals surface area contributed by atoms with Gasteiger partial charge in [-0.2, -0.15) is 0 Å². The normalized spacial score (nSPS) is 32.5. The number of carbonyl (C=O) groups excluding carboxylic acids is 1. The number of hydrogen-bond acceptors (Lipinski definition) is 2. The summed E-state index contributed by atoms with van der Waals surface area (Å²) in [5, 5.41) is 3.55. The molecule has 0 aromatic heterocycles. The Balaban J connectivity index is 1.61. The number of likely N-dealkylation sites (tertiary alicyclic amines) is 1. The predicted molar refractivity (Wildman–Crippen MR) is 86.2 cm³/mol. The lowest BCUT2D eigenvalue weighted by molar-refractivity contribution is -0.141. The van der Waals surface area contributed by atoms with Gasteiger partial charge < -0.3 is 10.2 Å². The van der Waals surface area contributed by atoms with Crippen LogP contribution in [0.5, 0.6) is 0 Å². The first kappa shape index (κ1) is 15.3. The highest BCUT2D eigenvalue weighted by atomic mass is 16.2. The second-order valence-electron chi connectivity index (χ2n) is 7.72. The smallest absolute Gasteiger partial charge is 0.242 e. The third-order valence-electron chi connectivity index (χ3n) is 6.36. The minimum atomic E-state index is -0.216. The lowest BCUT2D eigenvalue weighted by Gasteiger charge is -2.46. The zero-order chi connectivity index (χ0) is 14.8. The molecule has 3 heteroatoms. The average Bonchev–Trinajstić information content (AvgIpc) is 2.98. The van der Waals surface area contributed by atoms with E-state index in [9.17, 15) is 4.79 Å². The standard InChI is InChI=1S/C18H32N2O/c1-2-7-18(10-6-13-19-18)16(21)20-14-11-17(12-15-20)8-4-3-5-9-17/h19H,2-15H2,1H3. The molecule has 1 aliphatic carbocycles. The zero-order valence-electron chi connectivity index (χ0n) is 13.8. The highest BCUT2D eigenvalue weighted by Crippen LogP contribution is 2.45. The topological polar surface area (TPSA) is 32.3 Å². The molecule has 0 radical (unpaired) electrons. The molecule has 2 saturated heterocycles. The quantitative estimate of drug-likeness (QED) is 0.863. The van der Waals surface area contributed by atoms with Crippen molar-refractivity contribution in [3.8, 4) is 0 Å². The first-order chi connectivity index (χ1) is 10.2. The van der Waals surface area contributed by atoms with E-state index in [0.29, 0.717) is 11.3 Å². The fourth-order valence-electron chi connectivity index (χ4n) is 5.02. The fourth-order valence-corrected chi connectivity index (χ4v) is 5.02. The summed E-state index contributed by atoms with van der Waals surface area (Å²) in [4.78, 5) is 15.2. The van der Waals surface area contributed by atoms with Gasteiger partial charge in [0.15, 0.2) is 0 Å². The Kier molecular flexibility index (Phi) is 4.58. The van der Waals surface area contributed by atoms with E-state index in [4.69, 9.17) is 0 Å². The Bertz CT molecular complexity index is 357. The summed E-state index contributed by atoms with van der Waals surface area (Å²) in [5.74, 6) is 0.410. The van der Waals surface area contributed by atoms with E-state index >= 15 is 0 Å². The molecule has 1 spiro atoms. The molecule has 21 heavy (non-hydrogen) atoms. The van der Waals surface area contributed by atoms with E-state index < -0.39 is 0 Å². The lowest BCUT2D eigenvalue weighted by Crippen LogP contribution is -2.57. The summed E-state index contributed by atoms with van der Waals surface area (Å²) >= 11 is 0. The molecule has 1 amide bonds. The summed E-state index contributed by atoms with van der Waals surface area (Å²) in [6, 6.07) is 0. The van der Waals surface area contributed by atoms with Gasteiger partial charge in [0.1, 0.15) is 0 Å². The zero-order valence-corrected chi connectivity index (χ0v) is 13.8. The van der Waals surface area contributed by atoms with Gasteiger partial charge >= 0.3 is 0 Å². The predicted octanol–water partition coefficient (Wildman–Crippen LogP) is 3.48. The molecular formula is C18H32N2O. The Morgan fingerprint density at radius 2 is 1.71 bits per heavy atom. The van der Waals surface area contributed by atoms with E-state index in [2.05, 4.69) is 17.1 Å². The lowest BCUT2D eigenvalue weighted by atomic mass is 9.68. The van der Waals surface area contributed by atoms with Gasteiger partial charge in [-0.05, 0) is 56.9 Å². The minimum Gasteiger partial charge on any atom is -0.341 e. The molecule has 0 aromatic rings. The first-order valence-corrected chi connectivity index (χ1v) is 9.24. The van der Waals surface area contributed by atoms with Crippen LogP contribution >= 0.6 is 0 Å². The summed E-state index contributed by atoms with van der Waals surface area (Å²) in [6.07, 6.45) is 13.9. The largest absolute Gasteiger partial charge is 0.341 e. The van der Waals surface area contributed by atoms with E-state index in [0.717, 1.165) is 45.3 Å². The van der Waals surface area contributed by atoms with Crippen LogP contribution in [-0.4, -0.2) is 36.0 Å². The summed E-state index contributed by atoms with van der Waals surface area (Å²) < 4.78 is 0. The van der Waals surface area contributed by atoms with Crippen molar-refractivity contribution in [2.45, 2.75) is 83.1 Å². The van der Waals surface area contributed by atoms with Crippen molar-refractivity contribution in [1.82, 2.24) is 10.2 Å². The van der Waals surface area contributed by atoms with E-state index in [1.54, 1.807) is 0 Å². The third kappa shape index (κ3) is 2.99. The van der Waals surface area contributed by atoms with Crippen molar-refractivity contribution in [1.29, 1.82) is 0 Å². The summed E-state index contributed by atoms with van der Waals surface area (Å²) in [7, 11) is 0. The van der Waals surface area contributed by atoms with Gasteiger partial charge in [0, 0.05) is 13.1 Å². The number of piperidine rings is 1. The van der Waals surface area contributed by atoms with Crippen molar-refractivity contribution in [2.75, 3.05) is 19.6 Å². The number of rotatable bonds is 3. The monoisotopic (exact) mass is 292 g/mol. The van der Waals surface area contributed by atoms with Gasteiger partial charge in [-0.25, -0.2) is 0 Å². The molecular weight excluding hydrogens is 260 g/mol. The average molecular weight is 292 g/mol. The van der Waals surface area contributed by atoms with Crippen LogP contribution < -0.4 is 5.32 Å². The Hall–Kier alpha value is -0.570. The number of hydrogen-bond donors (Lipinski definition) is 1. The third-order valence-corrected chi connectivity index (χ3v) is 6.36. The van der Waals surface area contributed by atoms with Gasteiger partial charge in [0.05, 0.1) is 5.54 Å². The van der Waals surface area contributed by atoms with Crippen LogP contribution in [0.1, 0.15) is 77.6 Å². The SMILES string of the molecule is CCCC1(C(=O)N2CCC3(CCCCC3)CC2)CCCN1. The summed E-state index contributed by atoms with van der Waals surface area (Å²) in [5.41, 5.74) is 0.377. The number of nitrogens with one attached hydrogen (secondary N) is 1.